The first kappa shape index (κ1) is 19.1. The van der Waals surface area contributed by atoms with E-state index >= 15 is 0 Å². The van der Waals surface area contributed by atoms with E-state index in [0.717, 1.165) is 11.4 Å². The van der Waals surface area contributed by atoms with Crippen molar-refractivity contribution in [2.45, 2.75) is 20.8 Å². The van der Waals surface area contributed by atoms with E-state index in [0.29, 0.717) is 27.5 Å². The summed E-state index contributed by atoms with van der Waals surface area (Å²) in [4.78, 5) is 21.1. The summed E-state index contributed by atoms with van der Waals surface area (Å²) in [5, 5.41) is 7.77. The van der Waals surface area contributed by atoms with E-state index < -0.39 is 5.91 Å². The molecule has 0 spiro atoms. The maximum absolute atomic E-state index is 12.3. The summed E-state index contributed by atoms with van der Waals surface area (Å²) in [6, 6.07) is 8.55. The van der Waals surface area contributed by atoms with Crippen molar-refractivity contribution in [2.24, 2.45) is 0 Å². The molecule has 1 aromatic carbocycles. The second kappa shape index (κ2) is 7.94. The van der Waals surface area contributed by atoms with Crippen LogP contribution in [0.4, 0.5) is 5.82 Å². The highest BCUT2D eigenvalue weighted by molar-refractivity contribution is 6.37. The van der Waals surface area contributed by atoms with Gasteiger partial charge in [0.2, 0.25) is 0 Å². The van der Waals surface area contributed by atoms with Gasteiger partial charge in [0, 0.05) is 17.5 Å². The molecule has 0 aliphatic carbocycles. The molecule has 0 bridgehead atoms. The van der Waals surface area contributed by atoms with Crippen LogP contribution in [0, 0.1) is 20.8 Å². The van der Waals surface area contributed by atoms with Gasteiger partial charge in [0.25, 0.3) is 11.9 Å². The largest absolute Gasteiger partial charge is 0.481 e. The molecule has 2 aromatic heterocycles. The summed E-state index contributed by atoms with van der Waals surface area (Å²) < 4.78 is 6.94. The Morgan fingerprint density at radius 2 is 1.70 bits per heavy atom. The number of para-hydroxylation sites is 1. The number of carbonyl (C=O) groups is 1. The topological polar surface area (TPSA) is 81.9 Å². The molecule has 9 heteroatoms. The zero-order valence-corrected chi connectivity index (χ0v) is 16.5. The van der Waals surface area contributed by atoms with E-state index in [1.807, 2.05) is 26.8 Å². The summed E-state index contributed by atoms with van der Waals surface area (Å²) in [7, 11) is 0. The average molecular weight is 406 g/mol. The molecule has 1 N–H and O–H groups in total. The second-order valence-electron chi connectivity index (χ2n) is 5.92. The fourth-order valence-corrected chi connectivity index (χ4v) is 2.99. The third kappa shape index (κ3) is 4.56. The molecule has 0 atom stereocenters. The van der Waals surface area contributed by atoms with Crippen molar-refractivity contribution < 1.29 is 9.53 Å². The number of amides is 1. The predicted molar refractivity (Wildman–Crippen MR) is 104 cm³/mol. The zero-order valence-electron chi connectivity index (χ0n) is 15.0. The number of anilines is 1. The normalized spacial score (nSPS) is 10.7. The third-order valence-corrected chi connectivity index (χ3v) is 4.12. The van der Waals surface area contributed by atoms with Gasteiger partial charge in [-0.1, -0.05) is 29.3 Å². The summed E-state index contributed by atoms with van der Waals surface area (Å²) >= 11 is 12.1. The first-order valence-electron chi connectivity index (χ1n) is 8.09. The minimum absolute atomic E-state index is 0.262. The van der Waals surface area contributed by atoms with Gasteiger partial charge in [-0.3, -0.25) is 4.79 Å². The Morgan fingerprint density at radius 3 is 2.33 bits per heavy atom. The number of aryl methyl sites for hydroxylation is 3. The number of hydrogen-bond acceptors (Lipinski definition) is 5. The van der Waals surface area contributed by atoms with Crippen molar-refractivity contribution >= 4 is 34.9 Å². The molecule has 0 saturated heterocycles. The lowest BCUT2D eigenvalue weighted by Gasteiger charge is -2.11. The number of benzene rings is 1. The van der Waals surface area contributed by atoms with Crippen molar-refractivity contribution in [1.82, 2.24) is 19.7 Å². The Bertz CT molecular complexity index is 963. The molecule has 2 heterocycles. The summed E-state index contributed by atoms with van der Waals surface area (Å²) in [5.41, 5.74) is 2.32. The molecule has 0 fully saturated rings. The van der Waals surface area contributed by atoms with E-state index in [1.165, 1.54) is 4.68 Å². The zero-order chi connectivity index (χ0) is 19.6. The number of aromatic nitrogens is 4. The second-order valence-corrected chi connectivity index (χ2v) is 6.74. The van der Waals surface area contributed by atoms with Gasteiger partial charge in [-0.2, -0.15) is 9.78 Å². The van der Waals surface area contributed by atoms with Gasteiger partial charge >= 0.3 is 0 Å². The van der Waals surface area contributed by atoms with Gasteiger partial charge in [0.05, 0.1) is 15.7 Å². The first-order valence-corrected chi connectivity index (χ1v) is 8.85. The van der Waals surface area contributed by atoms with Crippen molar-refractivity contribution in [1.29, 1.82) is 0 Å². The monoisotopic (exact) mass is 405 g/mol. The average Bonchev–Trinajstić information content (AvgIpc) is 2.94. The minimum Gasteiger partial charge on any atom is -0.481 e. The van der Waals surface area contributed by atoms with Crippen LogP contribution in [-0.4, -0.2) is 32.3 Å². The molecule has 140 valence electrons. The van der Waals surface area contributed by atoms with Crippen LogP contribution in [0.25, 0.3) is 5.95 Å². The number of carbonyl (C=O) groups excluding carboxylic acids is 1. The molecule has 3 rings (SSSR count). The Kier molecular flexibility index (Phi) is 5.62. The van der Waals surface area contributed by atoms with Crippen molar-refractivity contribution in [3.8, 4) is 11.7 Å². The SMILES string of the molecule is Cc1cc(C)nc(-n2nc(C)cc2NC(=O)COc2c(Cl)cccc2Cl)n1. The van der Waals surface area contributed by atoms with Gasteiger partial charge in [-0.15, -0.1) is 0 Å². The number of nitrogens with zero attached hydrogens (tertiary/aromatic N) is 4. The maximum Gasteiger partial charge on any atom is 0.263 e. The molecular weight excluding hydrogens is 389 g/mol. The smallest absolute Gasteiger partial charge is 0.263 e. The van der Waals surface area contributed by atoms with Crippen molar-refractivity contribution in [3.63, 3.8) is 0 Å². The molecule has 0 radical (unpaired) electrons. The molecule has 0 saturated carbocycles. The van der Waals surface area contributed by atoms with Crippen LogP contribution in [0.1, 0.15) is 17.1 Å². The number of ether oxygens (including phenoxy) is 1. The molecule has 0 unspecified atom stereocenters. The Hall–Kier alpha value is -2.64. The van der Waals surface area contributed by atoms with Crippen LogP contribution in [0.5, 0.6) is 5.75 Å². The lowest BCUT2D eigenvalue weighted by atomic mass is 10.3. The molecule has 0 aliphatic rings. The van der Waals surface area contributed by atoms with Crippen LogP contribution in [0.15, 0.2) is 30.3 Å². The molecule has 27 heavy (non-hydrogen) atoms. The highest BCUT2D eigenvalue weighted by atomic mass is 35.5. The number of rotatable bonds is 5. The number of halogens is 2. The first-order chi connectivity index (χ1) is 12.8. The molecule has 0 aliphatic heterocycles. The standard InChI is InChI=1S/C18H17Cl2N5O2/c1-10-7-11(2)22-18(21-10)25-15(8-12(3)24-25)23-16(26)9-27-17-13(19)5-4-6-14(17)20/h4-8H,9H2,1-3H3,(H,23,26). The maximum atomic E-state index is 12.3. The van der Waals surface area contributed by atoms with E-state index in [9.17, 15) is 4.79 Å². The van der Waals surface area contributed by atoms with Crippen molar-refractivity contribution in [2.75, 3.05) is 11.9 Å². The third-order valence-electron chi connectivity index (χ3n) is 3.53. The van der Waals surface area contributed by atoms with Crippen LogP contribution < -0.4 is 10.1 Å². The van der Waals surface area contributed by atoms with E-state index in [4.69, 9.17) is 27.9 Å². The molecule has 1 amide bonds. The Morgan fingerprint density at radius 1 is 1.07 bits per heavy atom. The van der Waals surface area contributed by atoms with Crippen LogP contribution in [-0.2, 0) is 4.79 Å². The number of nitrogens with one attached hydrogen (secondary N) is 1. The summed E-state index contributed by atoms with van der Waals surface area (Å²) in [6.07, 6.45) is 0. The van der Waals surface area contributed by atoms with E-state index in [1.54, 1.807) is 24.3 Å². The fourth-order valence-electron chi connectivity index (χ4n) is 2.48. The minimum atomic E-state index is -0.392. The summed E-state index contributed by atoms with van der Waals surface area (Å²) in [6.45, 7) is 5.29. The molecule has 3 aromatic rings. The van der Waals surface area contributed by atoms with E-state index in [-0.39, 0.29) is 12.4 Å². The van der Waals surface area contributed by atoms with E-state index in [2.05, 4.69) is 20.4 Å². The quantitative estimate of drug-likeness (QED) is 0.695. The summed E-state index contributed by atoms with van der Waals surface area (Å²) in [5.74, 6) is 0.692. The predicted octanol–water partition coefficient (Wildman–Crippen LogP) is 3.91. The molecular formula is C18H17Cl2N5O2. The van der Waals surface area contributed by atoms with Gasteiger partial charge in [0.1, 0.15) is 5.82 Å². The van der Waals surface area contributed by atoms with Gasteiger partial charge in [-0.25, -0.2) is 9.97 Å². The number of hydrogen-bond donors (Lipinski definition) is 1. The molecule has 7 nitrogen and oxygen atoms in total. The van der Waals surface area contributed by atoms with Crippen LogP contribution in [0.2, 0.25) is 10.0 Å². The van der Waals surface area contributed by atoms with Gasteiger partial charge in [-0.05, 0) is 39.0 Å². The Balaban J connectivity index is 1.77. The highest BCUT2D eigenvalue weighted by Crippen LogP contribution is 2.32. The highest BCUT2D eigenvalue weighted by Gasteiger charge is 2.15. The van der Waals surface area contributed by atoms with Crippen molar-refractivity contribution in [3.05, 3.63) is 57.5 Å². The van der Waals surface area contributed by atoms with Crippen LogP contribution >= 0.6 is 23.2 Å². The lowest BCUT2D eigenvalue weighted by molar-refractivity contribution is -0.118. The fraction of sp³-hybridized carbons (Fsp3) is 0.222. The lowest BCUT2D eigenvalue weighted by Crippen LogP contribution is -2.22. The van der Waals surface area contributed by atoms with Gasteiger partial charge < -0.3 is 10.1 Å². The van der Waals surface area contributed by atoms with Crippen LogP contribution in [0.3, 0.4) is 0 Å². The van der Waals surface area contributed by atoms with Gasteiger partial charge in [0.15, 0.2) is 12.4 Å². The Labute approximate surface area is 166 Å².